The first-order valence-electron chi connectivity index (χ1n) is 7.04. The minimum atomic E-state index is -0.267. The second-order valence-electron chi connectivity index (χ2n) is 5.35. The molecule has 0 spiro atoms. The molecule has 1 atom stereocenters. The van der Waals surface area contributed by atoms with Crippen molar-refractivity contribution < 1.29 is 9.18 Å². The lowest BCUT2D eigenvalue weighted by molar-refractivity contribution is -0.121. The lowest BCUT2D eigenvalue weighted by Crippen LogP contribution is -2.34. The lowest BCUT2D eigenvalue weighted by Gasteiger charge is -2.24. The van der Waals surface area contributed by atoms with Gasteiger partial charge in [0.15, 0.2) is 0 Å². The maximum absolute atomic E-state index is 13.0. The molecule has 0 saturated carbocycles. The second kappa shape index (κ2) is 5.56. The third-order valence-corrected chi connectivity index (χ3v) is 3.74. The van der Waals surface area contributed by atoms with Gasteiger partial charge in [-0.05, 0) is 29.8 Å². The minimum absolute atomic E-state index is 0.0803. The molecule has 4 heteroatoms. The molecule has 1 aliphatic heterocycles. The molecular weight excluding hydrogens is 267 g/mol. The fourth-order valence-corrected chi connectivity index (χ4v) is 2.53. The SMILES string of the molecule is CC1CNc2ccccc2N(Cc2ccc(F)cc2)C1=O. The monoisotopic (exact) mass is 284 g/mol. The van der Waals surface area contributed by atoms with Gasteiger partial charge in [0.2, 0.25) is 5.91 Å². The van der Waals surface area contributed by atoms with Crippen molar-refractivity contribution in [2.45, 2.75) is 13.5 Å². The molecule has 3 rings (SSSR count). The molecule has 1 heterocycles. The molecule has 0 fully saturated rings. The van der Waals surface area contributed by atoms with Crippen LogP contribution >= 0.6 is 0 Å². The van der Waals surface area contributed by atoms with Crippen LogP contribution in [0.4, 0.5) is 15.8 Å². The maximum atomic E-state index is 13.0. The molecule has 0 aromatic heterocycles. The second-order valence-corrected chi connectivity index (χ2v) is 5.35. The molecular formula is C17H17FN2O. The number of para-hydroxylation sites is 2. The molecule has 1 N–H and O–H groups in total. The minimum Gasteiger partial charge on any atom is -0.383 e. The molecule has 2 aromatic carbocycles. The Balaban J connectivity index is 1.97. The largest absolute Gasteiger partial charge is 0.383 e. The Kier molecular flexibility index (Phi) is 3.60. The first-order chi connectivity index (χ1) is 10.1. The van der Waals surface area contributed by atoms with E-state index in [1.807, 2.05) is 31.2 Å². The van der Waals surface area contributed by atoms with Crippen LogP contribution in [0.3, 0.4) is 0 Å². The summed E-state index contributed by atoms with van der Waals surface area (Å²) in [6, 6.07) is 14.0. The standard InChI is InChI=1S/C17H17FN2O/c1-12-10-19-15-4-2-3-5-16(15)20(17(12)21)11-13-6-8-14(18)9-7-13/h2-9,12,19H,10-11H2,1H3. The van der Waals surface area contributed by atoms with E-state index in [-0.39, 0.29) is 17.6 Å². The van der Waals surface area contributed by atoms with E-state index in [0.29, 0.717) is 13.1 Å². The van der Waals surface area contributed by atoms with Gasteiger partial charge in [-0.3, -0.25) is 4.79 Å². The Morgan fingerprint density at radius 1 is 1.19 bits per heavy atom. The number of rotatable bonds is 2. The van der Waals surface area contributed by atoms with Gasteiger partial charge in [-0.1, -0.05) is 31.2 Å². The van der Waals surface area contributed by atoms with E-state index in [0.717, 1.165) is 16.9 Å². The number of nitrogens with one attached hydrogen (secondary N) is 1. The number of amides is 1. The van der Waals surface area contributed by atoms with Crippen molar-refractivity contribution in [3.05, 3.63) is 59.9 Å². The number of hydrogen-bond donors (Lipinski definition) is 1. The summed E-state index contributed by atoms with van der Waals surface area (Å²) in [6.07, 6.45) is 0. The van der Waals surface area contributed by atoms with E-state index >= 15 is 0 Å². The maximum Gasteiger partial charge on any atom is 0.231 e. The summed E-state index contributed by atoms with van der Waals surface area (Å²) in [5, 5.41) is 3.31. The zero-order chi connectivity index (χ0) is 14.8. The van der Waals surface area contributed by atoms with Crippen molar-refractivity contribution in [1.82, 2.24) is 0 Å². The number of nitrogens with zero attached hydrogens (tertiary/aromatic N) is 1. The molecule has 3 nitrogen and oxygen atoms in total. The molecule has 1 aliphatic rings. The Labute approximate surface area is 123 Å². The van der Waals surface area contributed by atoms with E-state index in [1.165, 1.54) is 12.1 Å². The lowest BCUT2D eigenvalue weighted by atomic mass is 10.1. The number of halogens is 1. The predicted octanol–water partition coefficient (Wildman–Crippen LogP) is 3.42. The number of anilines is 2. The highest BCUT2D eigenvalue weighted by molar-refractivity contribution is 5.99. The van der Waals surface area contributed by atoms with Gasteiger partial charge < -0.3 is 10.2 Å². The topological polar surface area (TPSA) is 32.3 Å². The van der Waals surface area contributed by atoms with Gasteiger partial charge >= 0.3 is 0 Å². The number of carbonyl (C=O) groups is 1. The van der Waals surface area contributed by atoms with Crippen molar-refractivity contribution in [2.24, 2.45) is 5.92 Å². The summed E-state index contributed by atoms with van der Waals surface area (Å²) < 4.78 is 13.0. The zero-order valence-electron chi connectivity index (χ0n) is 11.8. The number of hydrogen-bond acceptors (Lipinski definition) is 2. The van der Waals surface area contributed by atoms with Crippen molar-refractivity contribution in [1.29, 1.82) is 0 Å². The smallest absolute Gasteiger partial charge is 0.231 e. The van der Waals surface area contributed by atoms with Gasteiger partial charge in [-0.2, -0.15) is 0 Å². The summed E-state index contributed by atoms with van der Waals surface area (Å²) in [5.41, 5.74) is 2.74. The van der Waals surface area contributed by atoms with Crippen molar-refractivity contribution in [2.75, 3.05) is 16.8 Å². The first-order valence-corrected chi connectivity index (χ1v) is 7.04. The number of benzene rings is 2. The van der Waals surface area contributed by atoms with Crippen LogP contribution in [0.2, 0.25) is 0 Å². The van der Waals surface area contributed by atoms with Gasteiger partial charge in [-0.25, -0.2) is 4.39 Å². The van der Waals surface area contributed by atoms with Gasteiger partial charge in [0, 0.05) is 6.54 Å². The van der Waals surface area contributed by atoms with E-state index in [9.17, 15) is 9.18 Å². The summed E-state index contributed by atoms with van der Waals surface area (Å²) in [5.74, 6) is -0.286. The Morgan fingerprint density at radius 3 is 2.67 bits per heavy atom. The highest BCUT2D eigenvalue weighted by atomic mass is 19.1. The molecule has 1 unspecified atom stereocenters. The zero-order valence-corrected chi connectivity index (χ0v) is 11.8. The molecule has 0 bridgehead atoms. The van der Waals surface area contributed by atoms with Crippen molar-refractivity contribution >= 4 is 17.3 Å². The summed E-state index contributed by atoms with van der Waals surface area (Å²) >= 11 is 0. The third-order valence-electron chi connectivity index (χ3n) is 3.74. The number of carbonyl (C=O) groups excluding carboxylic acids is 1. The van der Waals surface area contributed by atoms with Gasteiger partial charge in [0.25, 0.3) is 0 Å². The normalized spacial score (nSPS) is 17.9. The van der Waals surface area contributed by atoms with Crippen LogP contribution in [0.5, 0.6) is 0 Å². The van der Waals surface area contributed by atoms with Crippen LogP contribution < -0.4 is 10.2 Å². The Morgan fingerprint density at radius 2 is 1.90 bits per heavy atom. The predicted molar refractivity (Wildman–Crippen MR) is 81.7 cm³/mol. The van der Waals surface area contributed by atoms with Crippen molar-refractivity contribution in [3.63, 3.8) is 0 Å². The molecule has 2 aromatic rings. The summed E-state index contributed by atoms with van der Waals surface area (Å²) in [4.78, 5) is 14.4. The van der Waals surface area contributed by atoms with E-state index in [2.05, 4.69) is 5.32 Å². The van der Waals surface area contributed by atoms with E-state index in [1.54, 1.807) is 17.0 Å². The van der Waals surface area contributed by atoms with Crippen LogP contribution in [0, 0.1) is 11.7 Å². The summed E-state index contributed by atoms with van der Waals surface area (Å²) in [7, 11) is 0. The average molecular weight is 284 g/mol. The summed E-state index contributed by atoms with van der Waals surface area (Å²) in [6.45, 7) is 2.98. The van der Waals surface area contributed by atoms with Crippen LogP contribution in [-0.2, 0) is 11.3 Å². The molecule has 0 aliphatic carbocycles. The highest BCUT2D eigenvalue weighted by Crippen LogP contribution is 2.31. The van der Waals surface area contributed by atoms with Gasteiger partial charge in [-0.15, -0.1) is 0 Å². The highest BCUT2D eigenvalue weighted by Gasteiger charge is 2.27. The van der Waals surface area contributed by atoms with Crippen molar-refractivity contribution in [3.8, 4) is 0 Å². The van der Waals surface area contributed by atoms with E-state index in [4.69, 9.17) is 0 Å². The first kappa shape index (κ1) is 13.6. The molecule has 21 heavy (non-hydrogen) atoms. The third kappa shape index (κ3) is 2.75. The Bertz CT molecular complexity index is 654. The van der Waals surface area contributed by atoms with Crippen LogP contribution in [0.15, 0.2) is 48.5 Å². The molecule has 108 valence electrons. The molecule has 0 saturated heterocycles. The van der Waals surface area contributed by atoms with Gasteiger partial charge in [0.1, 0.15) is 5.82 Å². The quantitative estimate of drug-likeness (QED) is 0.916. The van der Waals surface area contributed by atoms with Gasteiger partial charge in [0.05, 0.1) is 23.8 Å². The average Bonchev–Trinajstić information content (AvgIpc) is 2.62. The fourth-order valence-electron chi connectivity index (χ4n) is 2.53. The van der Waals surface area contributed by atoms with Crippen LogP contribution in [0.25, 0.3) is 0 Å². The number of fused-ring (bicyclic) bond motifs is 1. The van der Waals surface area contributed by atoms with Crippen LogP contribution in [-0.4, -0.2) is 12.5 Å². The van der Waals surface area contributed by atoms with E-state index < -0.39 is 0 Å². The molecule has 0 radical (unpaired) electrons. The Hall–Kier alpha value is -2.36. The van der Waals surface area contributed by atoms with Crippen LogP contribution in [0.1, 0.15) is 12.5 Å². The fraction of sp³-hybridized carbons (Fsp3) is 0.235. The molecule has 1 amide bonds.